The third kappa shape index (κ3) is 7.01. The number of aryl methyl sites for hydroxylation is 1. The number of hydrogen-bond donors (Lipinski definition) is 1. The first-order valence-electron chi connectivity index (χ1n) is 10.1. The molecule has 2 N–H and O–H groups in total. The lowest BCUT2D eigenvalue weighted by Gasteiger charge is -2.22. The third-order valence-electron chi connectivity index (χ3n) is 4.66. The minimum Gasteiger partial charge on any atom is -0.362 e. The van der Waals surface area contributed by atoms with Gasteiger partial charge in [-0.1, -0.05) is 6.92 Å². The van der Waals surface area contributed by atoms with Crippen molar-refractivity contribution in [1.82, 2.24) is 19.7 Å². The van der Waals surface area contributed by atoms with Crippen LogP contribution in [0.4, 0.5) is 26.3 Å². The second-order valence-corrected chi connectivity index (χ2v) is 7.50. The second-order valence-electron chi connectivity index (χ2n) is 7.50. The molecule has 0 aliphatic carbocycles. The number of benzene rings is 1. The first kappa shape index (κ1) is 26.3. The van der Waals surface area contributed by atoms with E-state index in [1.165, 1.54) is 13.8 Å². The maximum atomic E-state index is 14.0. The average Bonchev–Trinajstić information content (AvgIpc) is 3.11. The van der Waals surface area contributed by atoms with E-state index in [2.05, 4.69) is 20.3 Å². The van der Waals surface area contributed by atoms with Crippen molar-refractivity contribution in [2.75, 3.05) is 13.6 Å². The van der Waals surface area contributed by atoms with Gasteiger partial charge < -0.3 is 10.6 Å². The Kier molecular flexibility index (Phi) is 8.58. The van der Waals surface area contributed by atoms with E-state index in [4.69, 9.17) is 5.73 Å². The average molecular weight is 477 g/mol. The van der Waals surface area contributed by atoms with Crippen molar-refractivity contribution in [1.29, 1.82) is 0 Å². The quantitative estimate of drug-likeness (QED) is 0.216. The van der Waals surface area contributed by atoms with Gasteiger partial charge in [0.25, 0.3) is 5.82 Å². The van der Waals surface area contributed by atoms with Gasteiger partial charge in [-0.25, -0.2) is 22.8 Å². The van der Waals surface area contributed by atoms with Gasteiger partial charge in [-0.05, 0) is 38.3 Å². The molecular formula is C20H25F6N7. The van der Waals surface area contributed by atoms with Gasteiger partial charge in [0, 0.05) is 32.1 Å². The van der Waals surface area contributed by atoms with Crippen LogP contribution in [0.15, 0.2) is 22.3 Å². The molecule has 0 amide bonds. The zero-order valence-corrected chi connectivity index (χ0v) is 18.6. The Bertz CT molecular complexity index is 1030. The van der Waals surface area contributed by atoms with E-state index in [9.17, 15) is 26.3 Å². The van der Waals surface area contributed by atoms with Gasteiger partial charge in [0.1, 0.15) is 17.5 Å². The van der Waals surface area contributed by atoms with Gasteiger partial charge in [-0.2, -0.15) is 13.2 Å². The van der Waals surface area contributed by atoms with Crippen LogP contribution in [0.25, 0.3) is 0 Å². The minimum absolute atomic E-state index is 0.0206. The number of aromatic nitrogens is 3. The van der Waals surface area contributed by atoms with Crippen LogP contribution in [-0.2, 0) is 12.6 Å². The summed E-state index contributed by atoms with van der Waals surface area (Å²) in [6, 6.07) is 0.493. The molecule has 1 aromatic carbocycles. The van der Waals surface area contributed by atoms with E-state index in [0.717, 1.165) is 17.2 Å². The summed E-state index contributed by atoms with van der Waals surface area (Å²) in [6.07, 6.45) is -3.95. The van der Waals surface area contributed by atoms with E-state index in [1.807, 2.05) is 6.92 Å². The topological polar surface area (TPSA) is 84.7 Å². The molecule has 0 bridgehead atoms. The Morgan fingerprint density at radius 3 is 2.36 bits per heavy atom. The van der Waals surface area contributed by atoms with Crippen LogP contribution in [0.1, 0.15) is 43.9 Å². The van der Waals surface area contributed by atoms with Gasteiger partial charge >= 0.3 is 6.18 Å². The van der Waals surface area contributed by atoms with Gasteiger partial charge in [-0.15, -0.1) is 15.3 Å². The van der Waals surface area contributed by atoms with Crippen molar-refractivity contribution in [2.24, 2.45) is 15.9 Å². The molecule has 0 saturated heterocycles. The SMILES string of the molecule is CCCN(C)/C(CC(N)Cc1cc(F)c(F)cc1F)=N\N=C(/C)n1nc(C(F)(F)F)nc1C. The molecule has 1 heterocycles. The standard InChI is InChI=1S/C20H25F6N7/c1-5-6-32(4)18(9-14(27)7-13-8-16(22)17(23)10-15(13)21)30-29-12(3)33-11(2)28-19(31-33)20(24,25)26/h8,10,14H,5-7,9,27H2,1-4H3/b29-12+,30-18-. The summed E-state index contributed by atoms with van der Waals surface area (Å²) < 4.78 is 80.0. The Balaban J connectivity index is 2.27. The summed E-state index contributed by atoms with van der Waals surface area (Å²) >= 11 is 0. The summed E-state index contributed by atoms with van der Waals surface area (Å²) in [5, 5.41) is 11.5. The monoisotopic (exact) mass is 477 g/mol. The lowest BCUT2D eigenvalue weighted by Crippen LogP contribution is -2.35. The van der Waals surface area contributed by atoms with Crippen LogP contribution in [-0.4, -0.2) is 51.0 Å². The van der Waals surface area contributed by atoms with Gasteiger partial charge in [0.05, 0.1) is 0 Å². The maximum absolute atomic E-state index is 14.0. The number of halogens is 6. The van der Waals surface area contributed by atoms with E-state index in [1.54, 1.807) is 11.9 Å². The molecular weight excluding hydrogens is 452 g/mol. The van der Waals surface area contributed by atoms with Crippen LogP contribution in [0, 0.1) is 24.4 Å². The van der Waals surface area contributed by atoms with Gasteiger partial charge in [0.2, 0.25) is 0 Å². The number of nitrogens with zero attached hydrogens (tertiary/aromatic N) is 6. The van der Waals surface area contributed by atoms with Gasteiger partial charge in [-0.3, -0.25) is 0 Å². The van der Waals surface area contributed by atoms with Crippen LogP contribution in [0.2, 0.25) is 0 Å². The normalized spacial score (nSPS) is 14.0. The van der Waals surface area contributed by atoms with E-state index in [-0.39, 0.29) is 30.1 Å². The number of alkyl halides is 3. The number of amidine groups is 1. The molecule has 0 fully saturated rings. The highest BCUT2D eigenvalue weighted by atomic mass is 19.4. The van der Waals surface area contributed by atoms with Crippen molar-refractivity contribution in [3.63, 3.8) is 0 Å². The minimum atomic E-state index is -4.70. The Morgan fingerprint density at radius 2 is 1.79 bits per heavy atom. The molecule has 2 rings (SSSR count). The molecule has 1 aromatic heterocycles. The van der Waals surface area contributed by atoms with E-state index in [0.29, 0.717) is 18.4 Å². The third-order valence-corrected chi connectivity index (χ3v) is 4.66. The van der Waals surface area contributed by atoms with Crippen molar-refractivity contribution >= 4 is 11.7 Å². The largest absolute Gasteiger partial charge is 0.453 e. The number of nitrogens with two attached hydrogens (primary N) is 1. The highest BCUT2D eigenvalue weighted by molar-refractivity contribution is 5.85. The first-order chi connectivity index (χ1) is 15.3. The molecule has 0 radical (unpaired) electrons. The molecule has 1 unspecified atom stereocenters. The molecule has 2 aromatic rings. The number of hydrogen-bond acceptors (Lipinski definition) is 5. The van der Waals surface area contributed by atoms with Crippen LogP contribution in [0.3, 0.4) is 0 Å². The van der Waals surface area contributed by atoms with Crippen LogP contribution >= 0.6 is 0 Å². The molecule has 0 aliphatic rings. The van der Waals surface area contributed by atoms with Crippen molar-refractivity contribution in [3.05, 3.63) is 46.8 Å². The molecule has 0 spiro atoms. The predicted octanol–water partition coefficient (Wildman–Crippen LogP) is 3.90. The zero-order chi connectivity index (χ0) is 24.9. The van der Waals surface area contributed by atoms with Crippen LogP contribution in [0.5, 0.6) is 0 Å². The summed E-state index contributed by atoms with van der Waals surface area (Å²) in [6.45, 7) is 5.26. The highest BCUT2D eigenvalue weighted by Crippen LogP contribution is 2.26. The predicted molar refractivity (Wildman–Crippen MR) is 111 cm³/mol. The maximum Gasteiger partial charge on any atom is 0.453 e. The molecule has 182 valence electrons. The lowest BCUT2D eigenvalue weighted by atomic mass is 10.0. The van der Waals surface area contributed by atoms with Crippen molar-refractivity contribution in [2.45, 2.75) is 52.3 Å². The number of rotatable bonds is 7. The Hall–Kier alpha value is -2.96. The fourth-order valence-corrected chi connectivity index (χ4v) is 3.04. The second kappa shape index (κ2) is 10.8. The fourth-order valence-electron chi connectivity index (χ4n) is 3.04. The Morgan fingerprint density at radius 1 is 1.15 bits per heavy atom. The molecule has 0 aliphatic heterocycles. The zero-order valence-electron chi connectivity index (χ0n) is 18.6. The summed E-state index contributed by atoms with van der Waals surface area (Å²) in [7, 11) is 1.72. The summed E-state index contributed by atoms with van der Waals surface area (Å²) in [5.41, 5.74) is 6.01. The molecule has 1 atom stereocenters. The van der Waals surface area contributed by atoms with E-state index < -0.39 is 35.5 Å². The smallest absolute Gasteiger partial charge is 0.362 e. The fraction of sp³-hybridized carbons (Fsp3) is 0.500. The Labute approximate surface area is 187 Å². The van der Waals surface area contributed by atoms with Crippen molar-refractivity contribution < 1.29 is 26.3 Å². The van der Waals surface area contributed by atoms with Gasteiger partial charge in [0.15, 0.2) is 17.5 Å². The first-order valence-corrected chi connectivity index (χ1v) is 10.1. The molecule has 33 heavy (non-hydrogen) atoms. The molecule has 13 heteroatoms. The lowest BCUT2D eigenvalue weighted by molar-refractivity contribution is -0.144. The molecule has 0 saturated carbocycles. The summed E-state index contributed by atoms with van der Waals surface area (Å²) in [4.78, 5) is 5.13. The van der Waals surface area contributed by atoms with Crippen molar-refractivity contribution in [3.8, 4) is 0 Å². The summed E-state index contributed by atoms with van der Waals surface area (Å²) in [5.74, 6) is -4.29. The van der Waals surface area contributed by atoms with Crippen LogP contribution < -0.4 is 5.73 Å². The van der Waals surface area contributed by atoms with E-state index >= 15 is 0 Å². The molecule has 7 nitrogen and oxygen atoms in total. The highest BCUT2D eigenvalue weighted by Gasteiger charge is 2.36.